The average molecular weight is 581 g/mol. The minimum atomic E-state index is -4.80. The maximum atomic E-state index is 13.3. The van der Waals surface area contributed by atoms with Crippen LogP contribution in [0.15, 0.2) is 46.3 Å². The molecular formula is C24H28F4N2O6S2. The Balaban J connectivity index is 1.81. The molecule has 1 aliphatic heterocycles. The number of rotatable bonds is 7. The van der Waals surface area contributed by atoms with Crippen molar-refractivity contribution in [1.29, 1.82) is 0 Å². The number of benzene rings is 1. The number of halogens is 4. The topological polar surface area (TPSA) is 111 Å². The largest absolute Gasteiger partial charge is 0.461 e. The lowest BCUT2D eigenvalue weighted by Crippen LogP contribution is -2.48. The van der Waals surface area contributed by atoms with Crippen LogP contribution >= 0.6 is 0 Å². The number of carbonyl (C=O) groups is 1. The first kappa shape index (κ1) is 29.8. The first-order chi connectivity index (χ1) is 17.4. The summed E-state index contributed by atoms with van der Waals surface area (Å²) >= 11 is 0. The number of sulfone groups is 2. The van der Waals surface area contributed by atoms with E-state index in [1.54, 1.807) is 0 Å². The van der Waals surface area contributed by atoms with Gasteiger partial charge >= 0.3 is 6.18 Å². The Hall–Kier alpha value is -2.74. The van der Waals surface area contributed by atoms with Gasteiger partial charge in [-0.2, -0.15) is 13.2 Å². The van der Waals surface area contributed by atoms with Crippen LogP contribution in [0.4, 0.5) is 17.6 Å². The summed E-state index contributed by atoms with van der Waals surface area (Å²) < 4.78 is 107. The van der Waals surface area contributed by atoms with Crippen molar-refractivity contribution in [2.45, 2.75) is 60.8 Å². The lowest BCUT2D eigenvalue weighted by atomic mass is 9.85. The van der Waals surface area contributed by atoms with Crippen LogP contribution in [0.5, 0.6) is 5.75 Å². The van der Waals surface area contributed by atoms with Crippen molar-refractivity contribution in [2.24, 2.45) is 5.92 Å². The van der Waals surface area contributed by atoms with Crippen LogP contribution < -0.4 is 4.74 Å². The van der Waals surface area contributed by atoms with Crippen LogP contribution in [0.2, 0.25) is 0 Å². The number of nitrogens with zero attached hydrogens (tertiary/aromatic N) is 2. The molecule has 1 fully saturated rings. The van der Waals surface area contributed by atoms with E-state index in [0.29, 0.717) is 6.07 Å². The van der Waals surface area contributed by atoms with E-state index >= 15 is 0 Å². The molecule has 1 unspecified atom stereocenters. The Morgan fingerprint density at radius 2 is 1.68 bits per heavy atom. The summed E-state index contributed by atoms with van der Waals surface area (Å²) in [7, 11) is -8.18. The Morgan fingerprint density at radius 1 is 1.08 bits per heavy atom. The molecule has 0 bridgehead atoms. The maximum absolute atomic E-state index is 13.3. The summed E-state index contributed by atoms with van der Waals surface area (Å²) in [6, 6.07) is 6.29. The second kappa shape index (κ2) is 10.4. The van der Waals surface area contributed by atoms with E-state index in [2.05, 4.69) is 4.98 Å². The van der Waals surface area contributed by atoms with Gasteiger partial charge in [0.15, 0.2) is 14.9 Å². The number of alkyl halides is 4. The van der Waals surface area contributed by atoms with E-state index in [-0.39, 0.29) is 42.1 Å². The van der Waals surface area contributed by atoms with Gasteiger partial charge in [0.2, 0.25) is 16.2 Å². The monoisotopic (exact) mass is 580 g/mol. The van der Waals surface area contributed by atoms with Gasteiger partial charge in [0.05, 0.1) is 15.2 Å². The zero-order valence-electron chi connectivity index (χ0n) is 21.1. The standard InChI is InChI=1S/C24H28F4N2O6S2/c1-15(25)36-17-8-9-18(19(14-17)37(4,32)33)22(31)30-12-10-16(11-13-30)23(2,3)38(34,35)21-7-5-6-20(29-21)24(26,27)28/h5-9,14-16H,10-13H2,1-4H3. The maximum Gasteiger partial charge on any atom is 0.433 e. The van der Waals surface area contributed by atoms with Gasteiger partial charge in [-0.3, -0.25) is 4.79 Å². The molecule has 3 rings (SSSR count). The van der Waals surface area contributed by atoms with Crippen LogP contribution in [0, 0.1) is 5.92 Å². The van der Waals surface area contributed by atoms with E-state index in [1.807, 2.05) is 0 Å². The first-order valence-corrected chi connectivity index (χ1v) is 15.0. The molecule has 0 radical (unpaired) electrons. The van der Waals surface area contributed by atoms with Crippen molar-refractivity contribution in [2.75, 3.05) is 19.3 Å². The number of likely N-dealkylation sites (tertiary alicyclic amines) is 1. The second-order valence-corrected chi connectivity index (χ2v) is 14.1. The summed E-state index contributed by atoms with van der Waals surface area (Å²) in [4.78, 5) is 17.6. The van der Waals surface area contributed by atoms with Gasteiger partial charge < -0.3 is 9.64 Å². The molecule has 0 aliphatic carbocycles. The van der Waals surface area contributed by atoms with Gasteiger partial charge in [-0.1, -0.05) is 6.07 Å². The predicted molar refractivity (Wildman–Crippen MR) is 130 cm³/mol. The number of pyridine rings is 1. The lowest BCUT2D eigenvalue weighted by Gasteiger charge is -2.40. The van der Waals surface area contributed by atoms with E-state index < -0.39 is 59.5 Å². The van der Waals surface area contributed by atoms with E-state index in [0.717, 1.165) is 31.4 Å². The van der Waals surface area contributed by atoms with Crippen LogP contribution in [0.25, 0.3) is 0 Å². The Kier molecular flexibility index (Phi) is 8.19. The van der Waals surface area contributed by atoms with Gasteiger partial charge in [-0.25, -0.2) is 26.2 Å². The number of hydrogen-bond donors (Lipinski definition) is 0. The zero-order chi connectivity index (χ0) is 28.7. The van der Waals surface area contributed by atoms with Crippen molar-refractivity contribution < 1.29 is 43.9 Å². The molecule has 1 saturated heterocycles. The number of amides is 1. The highest BCUT2D eigenvalue weighted by Gasteiger charge is 2.46. The van der Waals surface area contributed by atoms with Crippen molar-refractivity contribution in [1.82, 2.24) is 9.88 Å². The molecule has 38 heavy (non-hydrogen) atoms. The molecule has 210 valence electrons. The van der Waals surface area contributed by atoms with Gasteiger partial charge in [-0.05, 0) is 62.9 Å². The number of hydrogen-bond acceptors (Lipinski definition) is 7. The summed E-state index contributed by atoms with van der Waals surface area (Å²) in [6.07, 6.45) is -5.20. The molecule has 0 spiro atoms. The molecule has 1 aliphatic rings. The quantitative estimate of drug-likeness (QED) is 0.449. The highest BCUT2D eigenvalue weighted by Crippen LogP contribution is 2.39. The molecule has 14 heteroatoms. The predicted octanol–water partition coefficient (Wildman–Crippen LogP) is 4.30. The van der Waals surface area contributed by atoms with Crippen LogP contribution in [0.3, 0.4) is 0 Å². The molecule has 0 N–H and O–H groups in total. The molecule has 1 aromatic heterocycles. The SMILES string of the molecule is CC(F)Oc1ccc(C(=O)N2CCC(C(C)(C)S(=O)(=O)c3cccc(C(F)(F)F)n3)CC2)c(S(C)(=O)=O)c1. The molecule has 8 nitrogen and oxygen atoms in total. The molecule has 1 amide bonds. The first-order valence-electron chi connectivity index (χ1n) is 11.6. The summed E-state index contributed by atoms with van der Waals surface area (Å²) in [5, 5.41) is -0.682. The third-order valence-electron chi connectivity index (χ3n) is 6.63. The smallest absolute Gasteiger partial charge is 0.433 e. The molecule has 1 aromatic carbocycles. The Morgan fingerprint density at radius 3 is 2.21 bits per heavy atom. The fraction of sp³-hybridized carbons (Fsp3) is 0.500. The van der Waals surface area contributed by atoms with Gasteiger partial charge in [-0.15, -0.1) is 0 Å². The molecule has 1 atom stereocenters. The molecule has 0 saturated carbocycles. The van der Waals surface area contributed by atoms with Gasteiger partial charge in [0.1, 0.15) is 11.4 Å². The Labute approximate surface area is 218 Å². The van der Waals surface area contributed by atoms with Gasteiger partial charge in [0, 0.05) is 26.3 Å². The van der Waals surface area contributed by atoms with Crippen molar-refractivity contribution >= 4 is 25.6 Å². The lowest BCUT2D eigenvalue weighted by molar-refractivity contribution is -0.141. The number of aromatic nitrogens is 1. The third-order valence-corrected chi connectivity index (χ3v) is 10.3. The normalized spacial score (nSPS) is 16.8. The van der Waals surface area contributed by atoms with E-state index in [4.69, 9.17) is 4.74 Å². The van der Waals surface area contributed by atoms with Crippen LogP contribution in [0.1, 0.15) is 49.7 Å². The van der Waals surface area contributed by atoms with Gasteiger partial charge in [0.25, 0.3) is 5.91 Å². The molecule has 2 heterocycles. The minimum absolute atomic E-state index is 0.0640. The highest BCUT2D eigenvalue weighted by molar-refractivity contribution is 7.92. The second-order valence-electron chi connectivity index (χ2n) is 9.62. The van der Waals surface area contributed by atoms with Crippen molar-refractivity contribution in [3.63, 3.8) is 0 Å². The van der Waals surface area contributed by atoms with Crippen molar-refractivity contribution in [3.05, 3.63) is 47.7 Å². The van der Waals surface area contributed by atoms with Crippen molar-refractivity contribution in [3.8, 4) is 5.75 Å². The average Bonchev–Trinajstić information content (AvgIpc) is 2.82. The summed E-state index contributed by atoms with van der Waals surface area (Å²) in [6.45, 7) is 4.12. The highest BCUT2D eigenvalue weighted by atomic mass is 32.2. The van der Waals surface area contributed by atoms with E-state index in [9.17, 15) is 39.2 Å². The van der Waals surface area contributed by atoms with E-state index in [1.165, 1.54) is 30.9 Å². The van der Waals surface area contributed by atoms with Crippen LogP contribution in [-0.4, -0.2) is 63.1 Å². The Bertz CT molecular complexity index is 1420. The molecule has 2 aromatic rings. The number of piperidine rings is 1. The summed E-state index contributed by atoms with van der Waals surface area (Å²) in [5.74, 6) is -1.20. The zero-order valence-corrected chi connectivity index (χ0v) is 22.8. The summed E-state index contributed by atoms with van der Waals surface area (Å²) in [5.41, 5.74) is -1.45. The number of ether oxygens (including phenoxy) is 1. The number of carbonyl (C=O) groups excluding carboxylic acids is 1. The fourth-order valence-corrected chi connectivity index (χ4v) is 6.98. The third kappa shape index (κ3) is 6.11. The van der Waals surface area contributed by atoms with Crippen LogP contribution in [-0.2, 0) is 25.9 Å². The minimum Gasteiger partial charge on any atom is -0.461 e. The molecular weight excluding hydrogens is 552 g/mol. The fourth-order valence-electron chi connectivity index (χ4n) is 4.41.